The molecule has 3 nitrogen and oxygen atoms in total. The molecule has 0 saturated carbocycles. The van der Waals surface area contributed by atoms with Crippen LogP contribution in [0.25, 0.3) is 0 Å². The molecule has 2 aromatic rings. The van der Waals surface area contributed by atoms with E-state index < -0.39 is 0 Å². The summed E-state index contributed by atoms with van der Waals surface area (Å²) < 4.78 is 0. The third kappa shape index (κ3) is 8.44. The molecule has 0 unspecified atom stereocenters. The molecular formula is C31H44N2O. The second-order valence-electron chi connectivity index (χ2n) is 11.6. The highest BCUT2D eigenvalue weighted by atomic mass is 16.3. The van der Waals surface area contributed by atoms with Crippen LogP contribution in [0, 0.1) is 16.7 Å². The van der Waals surface area contributed by atoms with Crippen LogP contribution in [0.3, 0.4) is 0 Å². The predicted molar refractivity (Wildman–Crippen MR) is 149 cm³/mol. The smallest absolute Gasteiger partial charge is 0.122 e. The maximum atomic E-state index is 10.8. The van der Waals surface area contributed by atoms with Crippen molar-refractivity contribution in [2.75, 3.05) is 11.1 Å². The molecule has 3 heteroatoms. The van der Waals surface area contributed by atoms with Crippen LogP contribution in [0.1, 0.15) is 68.2 Å². The van der Waals surface area contributed by atoms with Crippen LogP contribution >= 0.6 is 0 Å². The molecule has 0 fully saturated rings. The van der Waals surface area contributed by atoms with Crippen molar-refractivity contribution in [3.8, 4) is 0 Å². The molecule has 0 radical (unpaired) electrons. The van der Waals surface area contributed by atoms with Crippen LogP contribution < -0.4 is 11.1 Å². The number of hydrogen-bond acceptors (Lipinski definition) is 3. The number of para-hydroxylation sites is 1. The van der Waals surface area contributed by atoms with Crippen LogP contribution in [-0.2, 0) is 0 Å². The fourth-order valence-electron chi connectivity index (χ4n) is 3.96. The minimum Gasteiger partial charge on any atom is -0.507 e. The SMILES string of the molecule is CC(C)CC1=CC(C(C)(C)C)=C(O)C(C(C)(C)C)=CC1.Nc1ccc(Nc2ccccc2)cc1. The number of nitrogen functional groups attached to an aromatic ring is 1. The lowest BCUT2D eigenvalue weighted by Gasteiger charge is -2.27. The molecule has 4 N–H and O–H groups in total. The first-order chi connectivity index (χ1) is 15.8. The fourth-order valence-corrected chi connectivity index (χ4v) is 3.96. The zero-order chi connectivity index (χ0) is 25.5. The minimum atomic E-state index is -0.0407. The van der Waals surface area contributed by atoms with E-state index in [-0.39, 0.29) is 10.8 Å². The predicted octanol–water partition coefficient (Wildman–Crippen LogP) is 9.21. The molecule has 184 valence electrons. The lowest BCUT2D eigenvalue weighted by molar-refractivity contribution is 0.356. The van der Waals surface area contributed by atoms with Gasteiger partial charge in [0.2, 0.25) is 0 Å². The van der Waals surface area contributed by atoms with Crippen molar-refractivity contribution in [2.45, 2.75) is 68.2 Å². The summed E-state index contributed by atoms with van der Waals surface area (Å²) in [6.45, 7) is 17.5. The van der Waals surface area contributed by atoms with E-state index in [0.29, 0.717) is 11.7 Å². The van der Waals surface area contributed by atoms with Crippen molar-refractivity contribution in [3.05, 3.63) is 89.2 Å². The molecule has 1 aliphatic rings. The monoisotopic (exact) mass is 460 g/mol. The van der Waals surface area contributed by atoms with E-state index in [9.17, 15) is 5.11 Å². The molecule has 0 atom stereocenters. The normalized spacial score (nSPS) is 14.6. The van der Waals surface area contributed by atoms with Gasteiger partial charge in [-0.05, 0) is 77.1 Å². The van der Waals surface area contributed by atoms with Gasteiger partial charge in [0, 0.05) is 17.1 Å². The zero-order valence-corrected chi connectivity index (χ0v) is 22.4. The third-order valence-corrected chi connectivity index (χ3v) is 5.69. The number of nitrogens with two attached hydrogens (primary N) is 1. The molecule has 0 amide bonds. The summed E-state index contributed by atoms with van der Waals surface area (Å²) in [5.41, 5.74) is 12.0. The fraction of sp³-hybridized carbons (Fsp3) is 0.419. The Morgan fingerprint density at radius 1 is 0.853 bits per heavy atom. The Labute approximate surface area is 207 Å². The first-order valence-electron chi connectivity index (χ1n) is 12.3. The Morgan fingerprint density at radius 3 is 1.91 bits per heavy atom. The summed E-state index contributed by atoms with van der Waals surface area (Å²) in [7, 11) is 0. The van der Waals surface area contributed by atoms with E-state index in [1.165, 1.54) is 5.57 Å². The highest BCUT2D eigenvalue weighted by molar-refractivity contribution is 5.61. The number of aliphatic hydroxyl groups excluding tert-OH is 1. The average molecular weight is 461 g/mol. The van der Waals surface area contributed by atoms with Gasteiger partial charge < -0.3 is 16.2 Å². The molecule has 0 bridgehead atoms. The van der Waals surface area contributed by atoms with Crippen molar-refractivity contribution in [3.63, 3.8) is 0 Å². The van der Waals surface area contributed by atoms with Gasteiger partial charge in [0.15, 0.2) is 0 Å². The number of rotatable bonds is 4. The van der Waals surface area contributed by atoms with Gasteiger partial charge in [0.25, 0.3) is 0 Å². The summed E-state index contributed by atoms with van der Waals surface area (Å²) in [4.78, 5) is 0. The summed E-state index contributed by atoms with van der Waals surface area (Å²) in [5.74, 6) is 1.14. The minimum absolute atomic E-state index is 0.0261. The van der Waals surface area contributed by atoms with Crippen molar-refractivity contribution >= 4 is 17.1 Å². The number of benzene rings is 2. The van der Waals surface area contributed by atoms with Crippen LogP contribution in [0.4, 0.5) is 17.1 Å². The first kappa shape index (κ1) is 27.3. The number of allylic oxidation sites excluding steroid dienone is 5. The molecule has 0 saturated heterocycles. The second kappa shape index (κ2) is 11.5. The number of nitrogens with one attached hydrogen (secondary N) is 1. The Bertz CT molecular complexity index is 1010. The number of anilines is 3. The summed E-state index contributed by atoms with van der Waals surface area (Å²) in [6.07, 6.45) is 6.52. The second-order valence-corrected chi connectivity index (χ2v) is 11.6. The van der Waals surface area contributed by atoms with Gasteiger partial charge in [-0.25, -0.2) is 0 Å². The van der Waals surface area contributed by atoms with E-state index in [2.05, 4.69) is 72.9 Å². The summed E-state index contributed by atoms with van der Waals surface area (Å²) in [6, 6.07) is 17.7. The molecular weight excluding hydrogens is 416 g/mol. The highest BCUT2D eigenvalue weighted by Crippen LogP contribution is 2.41. The molecule has 2 aromatic carbocycles. The summed E-state index contributed by atoms with van der Waals surface area (Å²) in [5, 5.41) is 14.1. The Kier molecular flexibility index (Phi) is 9.21. The Morgan fingerprint density at radius 2 is 1.41 bits per heavy atom. The maximum Gasteiger partial charge on any atom is 0.122 e. The van der Waals surface area contributed by atoms with Gasteiger partial charge in [0.05, 0.1) is 0 Å². The molecule has 0 spiro atoms. The number of aliphatic hydroxyl groups is 1. The van der Waals surface area contributed by atoms with Crippen LogP contribution in [0.15, 0.2) is 89.2 Å². The third-order valence-electron chi connectivity index (χ3n) is 5.69. The van der Waals surface area contributed by atoms with E-state index in [4.69, 9.17) is 5.73 Å². The van der Waals surface area contributed by atoms with Gasteiger partial charge in [-0.15, -0.1) is 0 Å². The topological polar surface area (TPSA) is 58.3 Å². The van der Waals surface area contributed by atoms with Gasteiger partial charge in [0.1, 0.15) is 5.76 Å². The van der Waals surface area contributed by atoms with Gasteiger partial charge >= 0.3 is 0 Å². The maximum absolute atomic E-state index is 10.8. The van der Waals surface area contributed by atoms with Gasteiger partial charge in [-0.1, -0.05) is 91.3 Å². The molecule has 1 aliphatic carbocycles. The average Bonchev–Trinajstić information content (AvgIpc) is 2.89. The Hall–Kier alpha value is -2.94. The largest absolute Gasteiger partial charge is 0.507 e. The molecule has 0 aromatic heterocycles. The van der Waals surface area contributed by atoms with Crippen molar-refractivity contribution in [2.24, 2.45) is 16.7 Å². The van der Waals surface area contributed by atoms with E-state index in [1.807, 2.05) is 54.6 Å². The first-order valence-corrected chi connectivity index (χ1v) is 12.3. The van der Waals surface area contributed by atoms with Crippen LogP contribution in [0.2, 0.25) is 0 Å². The van der Waals surface area contributed by atoms with Crippen LogP contribution in [0.5, 0.6) is 0 Å². The molecule has 3 rings (SSSR count). The Balaban J connectivity index is 0.000000254. The van der Waals surface area contributed by atoms with Crippen LogP contribution in [-0.4, -0.2) is 5.11 Å². The lowest BCUT2D eigenvalue weighted by Crippen LogP contribution is -2.17. The van der Waals surface area contributed by atoms with Crippen molar-refractivity contribution in [1.29, 1.82) is 0 Å². The van der Waals surface area contributed by atoms with E-state index >= 15 is 0 Å². The van der Waals surface area contributed by atoms with E-state index in [1.54, 1.807) is 0 Å². The number of hydrogen-bond donors (Lipinski definition) is 3. The van der Waals surface area contributed by atoms with Crippen molar-refractivity contribution in [1.82, 2.24) is 0 Å². The van der Waals surface area contributed by atoms with Gasteiger partial charge in [-0.2, -0.15) is 0 Å². The van der Waals surface area contributed by atoms with Crippen molar-refractivity contribution < 1.29 is 5.11 Å². The highest BCUT2D eigenvalue weighted by Gasteiger charge is 2.29. The standard InChI is InChI=1S/C19H32O.C12H12N2/c1-13(2)11-14-9-10-15(18(3,4)5)17(20)16(12-14)19(6,7)8;13-10-6-8-12(9-7-10)14-11-4-2-1-3-5-11/h10,12-13,20H,9,11H2,1-8H3;1-9,14H,13H2. The summed E-state index contributed by atoms with van der Waals surface area (Å²) >= 11 is 0. The molecule has 34 heavy (non-hydrogen) atoms. The molecule has 0 aliphatic heterocycles. The molecule has 0 heterocycles. The van der Waals surface area contributed by atoms with Gasteiger partial charge in [-0.3, -0.25) is 0 Å². The quantitative estimate of drug-likeness (QED) is 0.398. The lowest BCUT2D eigenvalue weighted by atomic mass is 9.79. The zero-order valence-electron chi connectivity index (χ0n) is 22.4. The van der Waals surface area contributed by atoms with E-state index in [0.717, 1.165) is 41.1 Å².